The highest BCUT2D eigenvalue weighted by molar-refractivity contribution is 9.10. The van der Waals surface area contributed by atoms with Gasteiger partial charge in [-0.05, 0) is 53.7 Å². The number of amides is 2. The zero-order chi connectivity index (χ0) is 20.6. The molecule has 1 aliphatic carbocycles. The molecule has 0 spiro atoms. The number of esters is 1. The third kappa shape index (κ3) is 6.45. The standard InChI is InChI=1S/C20H24BrN3O3S2/c1-2-27-17(25)13-28-18-11-22-19(29-18)23-20(26)24(12-14-7-3-4-8-14)16-10-6-5-9-15(16)21/h5-6,9-11,14H,2-4,7-8,12-13H2,1H3,(H,22,23,26). The second kappa shape index (κ2) is 11.0. The molecule has 3 rings (SSSR count). The summed E-state index contributed by atoms with van der Waals surface area (Å²) < 4.78 is 6.68. The number of nitrogens with zero attached hydrogens (tertiary/aromatic N) is 2. The lowest BCUT2D eigenvalue weighted by Crippen LogP contribution is -2.38. The summed E-state index contributed by atoms with van der Waals surface area (Å²) in [5.74, 6) is 0.488. The Hall–Kier alpha value is -1.58. The molecule has 6 nitrogen and oxygen atoms in total. The van der Waals surface area contributed by atoms with E-state index in [0.29, 0.717) is 24.2 Å². The molecule has 2 amide bonds. The van der Waals surface area contributed by atoms with E-state index >= 15 is 0 Å². The van der Waals surface area contributed by atoms with Crippen molar-refractivity contribution in [3.63, 3.8) is 0 Å². The van der Waals surface area contributed by atoms with Gasteiger partial charge in [-0.1, -0.05) is 36.3 Å². The van der Waals surface area contributed by atoms with Gasteiger partial charge in [-0.3, -0.25) is 15.0 Å². The first-order valence-electron chi connectivity index (χ1n) is 9.64. The summed E-state index contributed by atoms with van der Waals surface area (Å²) in [6, 6.07) is 7.56. The van der Waals surface area contributed by atoms with Crippen LogP contribution in [-0.2, 0) is 9.53 Å². The van der Waals surface area contributed by atoms with Crippen LogP contribution in [0.15, 0.2) is 39.1 Å². The molecule has 1 aromatic heterocycles. The van der Waals surface area contributed by atoms with Gasteiger partial charge in [-0.25, -0.2) is 9.78 Å². The van der Waals surface area contributed by atoms with Crippen LogP contribution in [0.25, 0.3) is 0 Å². The minimum Gasteiger partial charge on any atom is -0.465 e. The van der Waals surface area contributed by atoms with E-state index in [0.717, 1.165) is 27.2 Å². The summed E-state index contributed by atoms with van der Waals surface area (Å²) in [7, 11) is 0. The van der Waals surface area contributed by atoms with Gasteiger partial charge in [0.25, 0.3) is 0 Å². The second-order valence-corrected chi connectivity index (χ2v) is 9.88. The van der Waals surface area contributed by atoms with Gasteiger partial charge in [0.2, 0.25) is 0 Å². The summed E-state index contributed by atoms with van der Waals surface area (Å²) in [5.41, 5.74) is 0.852. The van der Waals surface area contributed by atoms with E-state index in [-0.39, 0.29) is 17.8 Å². The summed E-state index contributed by atoms with van der Waals surface area (Å²) >= 11 is 6.28. The average Bonchev–Trinajstić information content (AvgIpc) is 3.37. The number of benzene rings is 1. The highest BCUT2D eigenvalue weighted by Crippen LogP contribution is 2.33. The second-order valence-electron chi connectivity index (χ2n) is 6.72. The highest BCUT2D eigenvalue weighted by Gasteiger charge is 2.25. The monoisotopic (exact) mass is 497 g/mol. The van der Waals surface area contributed by atoms with Gasteiger partial charge in [-0.15, -0.1) is 11.8 Å². The van der Waals surface area contributed by atoms with Crippen molar-refractivity contribution < 1.29 is 14.3 Å². The molecule has 0 radical (unpaired) electrons. The molecule has 1 aromatic carbocycles. The quantitative estimate of drug-likeness (QED) is 0.369. The summed E-state index contributed by atoms with van der Waals surface area (Å²) in [6.07, 6.45) is 6.43. The maximum absolute atomic E-state index is 13.1. The van der Waals surface area contributed by atoms with Crippen LogP contribution in [0.1, 0.15) is 32.6 Å². The third-order valence-corrected chi connectivity index (χ3v) is 7.39. The predicted octanol–water partition coefficient (Wildman–Crippen LogP) is 5.79. The molecule has 1 fully saturated rings. The minimum atomic E-state index is -0.256. The SMILES string of the molecule is CCOC(=O)CSc1cnc(NC(=O)N(CC2CCCC2)c2ccccc2Br)s1. The molecule has 0 unspecified atom stereocenters. The predicted molar refractivity (Wildman–Crippen MR) is 122 cm³/mol. The molecular weight excluding hydrogens is 474 g/mol. The number of hydrogen-bond acceptors (Lipinski definition) is 6. The Morgan fingerprint density at radius 1 is 1.34 bits per heavy atom. The molecule has 1 aliphatic rings. The fourth-order valence-corrected chi connectivity index (χ4v) is 5.45. The number of carbonyl (C=O) groups is 2. The number of para-hydroxylation sites is 1. The van der Waals surface area contributed by atoms with Gasteiger partial charge in [0.05, 0.1) is 28.5 Å². The van der Waals surface area contributed by atoms with E-state index in [4.69, 9.17) is 4.74 Å². The highest BCUT2D eigenvalue weighted by atomic mass is 79.9. The van der Waals surface area contributed by atoms with Crippen LogP contribution in [0.4, 0.5) is 15.6 Å². The number of thioether (sulfide) groups is 1. The Morgan fingerprint density at radius 2 is 2.10 bits per heavy atom. The fourth-order valence-electron chi connectivity index (χ4n) is 3.29. The number of thiazole rings is 1. The van der Waals surface area contributed by atoms with E-state index < -0.39 is 0 Å². The Balaban J connectivity index is 1.66. The number of rotatable bonds is 8. The van der Waals surface area contributed by atoms with Crippen molar-refractivity contribution in [3.8, 4) is 0 Å². The number of halogens is 1. The molecule has 0 aliphatic heterocycles. The summed E-state index contributed by atoms with van der Waals surface area (Å²) in [4.78, 5) is 30.7. The van der Waals surface area contributed by atoms with Gasteiger partial charge in [0.15, 0.2) is 5.13 Å². The Labute approximate surface area is 187 Å². The molecule has 1 saturated carbocycles. The number of urea groups is 1. The van der Waals surface area contributed by atoms with E-state index in [1.807, 2.05) is 24.3 Å². The third-order valence-electron chi connectivity index (χ3n) is 4.64. The van der Waals surface area contributed by atoms with Crippen LogP contribution < -0.4 is 10.2 Å². The molecule has 156 valence electrons. The topological polar surface area (TPSA) is 71.5 Å². The first-order valence-corrected chi connectivity index (χ1v) is 12.2. The number of carbonyl (C=O) groups excluding carboxylic acids is 2. The van der Waals surface area contributed by atoms with Crippen molar-refractivity contribution in [3.05, 3.63) is 34.9 Å². The van der Waals surface area contributed by atoms with Crippen molar-refractivity contribution >= 4 is 61.8 Å². The van der Waals surface area contributed by atoms with E-state index in [1.54, 1.807) is 18.0 Å². The van der Waals surface area contributed by atoms with Crippen LogP contribution in [0.3, 0.4) is 0 Å². The molecule has 29 heavy (non-hydrogen) atoms. The van der Waals surface area contributed by atoms with Gasteiger partial charge in [0, 0.05) is 11.0 Å². The lowest BCUT2D eigenvalue weighted by Gasteiger charge is -2.26. The Morgan fingerprint density at radius 3 is 2.83 bits per heavy atom. The number of aromatic nitrogens is 1. The smallest absolute Gasteiger partial charge is 0.328 e. The normalized spacial score (nSPS) is 14.0. The summed E-state index contributed by atoms with van der Waals surface area (Å²) in [6.45, 7) is 2.84. The van der Waals surface area contributed by atoms with Crippen LogP contribution in [0.5, 0.6) is 0 Å². The van der Waals surface area contributed by atoms with Gasteiger partial charge < -0.3 is 4.74 Å². The zero-order valence-electron chi connectivity index (χ0n) is 16.2. The molecule has 0 bridgehead atoms. The number of hydrogen-bond donors (Lipinski definition) is 1. The number of anilines is 2. The zero-order valence-corrected chi connectivity index (χ0v) is 19.4. The van der Waals surface area contributed by atoms with Crippen molar-refractivity contribution in [2.45, 2.75) is 36.8 Å². The largest absolute Gasteiger partial charge is 0.465 e. The lowest BCUT2D eigenvalue weighted by atomic mass is 10.1. The van der Waals surface area contributed by atoms with E-state index in [1.165, 1.54) is 35.9 Å². The number of nitrogens with one attached hydrogen (secondary N) is 1. The van der Waals surface area contributed by atoms with Crippen LogP contribution >= 0.6 is 39.0 Å². The number of ether oxygens (including phenoxy) is 1. The van der Waals surface area contributed by atoms with Crippen molar-refractivity contribution in [1.82, 2.24) is 4.98 Å². The lowest BCUT2D eigenvalue weighted by molar-refractivity contribution is -0.139. The molecule has 1 N–H and O–H groups in total. The van der Waals surface area contributed by atoms with Crippen LogP contribution in [0, 0.1) is 5.92 Å². The van der Waals surface area contributed by atoms with Crippen molar-refractivity contribution in [1.29, 1.82) is 0 Å². The first kappa shape index (κ1) is 22.1. The molecule has 0 saturated heterocycles. The van der Waals surface area contributed by atoms with Crippen LogP contribution in [0.2, 0.25) is 0 Å². The summed E-state index contributed by atoms with van der Waals surface area (Å²) in [5, 5.41) is 3.44. The molecule has 9 heteroatoms. The van der Waals surface area contributed by atoms with Crippen molar-refractivity contribution in [2.24, 2.45) is 5.92 Å². The Kier molecular flexibility index (Phi) is 8.38. The van der Waals surface area contributed by atoms with E-state index in [2.05, 4.69) is 26.2 Å². The van der Waals surface area contributed by atoms with Crippen molar-refractivity contribution in [2.75, 3.05) is 29.1 Å². The first-order chi connectivity index (χ1) is 14.1. The molecule has 0 atom stereocenters. The van der Waals surface area contributed by atoms with Gasteiger partial charge in [-0.2, -0.15) is 0 Å². The molecule has 2 aromatic rings. The molecule has 1 heterocycles. The molecular formula is C20H24BrN3O3S2. The van der Waals surface area contributed by atoms with Crippen LogP contribution in [-0.4, -0.2) is 35.9 Å². The van der Waals surface area contributed by atoms with E-state index in [9.17, 15) is 9.59 Å². The minimum absolute atomic E-state index is 0.194. The maximum Gasteiger partial charge on any atom is 0.328 e. The van der Waals surface area contributed by atoms with Gasteiger partial charge >= 0.3 is 12.0 Å². The maximum atomic E-state index is 13.1. The fraction of sp³-hybridized carbons (Fsp3) is 0.450. The Bertz CT molecular complexity index is 840. The average molecular weight is 498 g/mol. The van der Waals surface area contributed by atoms with Gasteiger partial charge in [0.1, 0.15) is 0 Å².